The molecule has 1 aliphatic rings. The second-order valence-corrected chi connectivity index (χ2v) is 5.67. The van der Waals surface area contributed by atoms with Crippen LogP contribution in [0.1, 0.15) is 44.6 Å². The number of hydrogen-bond acceptors (Lipinski definition) is 2. The summed E-state index contributed by atoms with van der Waals surface area (Å²) in [6.07, 6.45) is 6.23. The van der Waals surface area contributed by atoms with E-state index in [9.17, 15) is 4.79 Å². The first-order valence-corrected chi connectivity index (χ1v) is 7.79. The van der Waals surface area contributed by atoms with Gasteiger partial charge in [-0.15, -0.1) is 0 Å². The Kier molecular flexibility index (Phi) is 6.06. The Morgan fingerprint density at radius 2 is 1.90 bits per heavy atom. The lowest BCUT2D eigenvalue weighted by molar-refractivity contribution is -0.131. The minimum absolute atomic E-state index is 0.221. The normalized spacial score (nSPS) is 16.1. The molecule has 20 heavy (non-hydrogen) atoms. The summed E-state index contributed by atoms with van der Waals surface area (Å²) in [5.74, 6) is 0.221. The number of nitrogens with one attached hydrogen (secondary N) is 1. The molecule has 0 heterocycles. The number of carbonyl (C=O) groups excluding carboxylic acids is 1. The van der Waals surface area contributed by atoms with Crippen LogP contribution in [0.2, 0.25) is 0 Å². The lowest BCUT2D eigenvalue weighted by Gasteiger charge is -2.33. The van der Waals surface area contributed by atoms with Crippen molar-refractivity contribution in [2.45, 2.75) is 51.6 Å². The fourth-order valence-corrected chi connectivity index (χ4v) is 3.02. The van der Waals surface area contributed by atoms with E-state index >= 15 is 0 Å². The molecule has 0 aliphatic heterocycles. The van der Waals surface area contributed by atoms with Crippen LogP contribution in [0, 0.1) is 0 Å². The molecule has 1 aromatic carbocycles. The third kappa shape index (κ3) is 4.64. The molecule has 0 spiro atoms. The summed E-state index contributed by atoms with van der Waals surface area (Å²) < 4.78 is 0. The zero-order valence-corrected chi connectivity index (χ0v) is 12.5. The van der Waals surface area contributed by atoms with Gasteiger partial charge in [-0.1, -0.05) is 49.6 Å². The number of carbonyl (C=O) groups is 1. The maximum atomic E-state index is 11.8. The van der Waals surface area contributed by atoms with Crippen LogP contribution in [0.15, 0.2) is 30.3 Å². The van der Waals surface area contributed by atoms with Gasteiger partial charge in [0.15, 0.2) is 0 Å². The molecular formula is C17H26N2O. The average molecular weight is 274 g/mol. The van der Waals surface area contributed by atoms with Crippen molar-refractivity contribution in [3.63, 3.8) is 0 Å². The summed E-state index contributed by atoms with van der Waals surface area (Å²) in [5, 5.41) is 3.43. The topological polar surface area (TPSA) is 32.3 Å². The van der Waals surface area contributed by atoms with Crippen LogP contribution < -0.4 is 5.32 Å². The summed E-state index contributed by atoms with van der Waals surface area (Å²) in [5.41, 5.74) is 1.29. The van der Waals surface area contributed by atoms with E-state index in [0.717, 1.165) is 19.6 Å². The van der Waals surface area contributed by atoms with Crippen molar-refractivity contribution in [1.29, 1.82) is 0 Å². The molecule has 3 nitrogen and oxygen atoms in total. The third-order valence-corrected chi connectivity index (χ3v) is 4.12. The van der Waals surface area contributed by atoms with Crippen molar-refractivity contribution in [3.05, 3.63) is 35.9 Å². The molecule has 1 fully saturated rings. The van der Waals surface area contributed by atoms with Crippen LogP contribution in [-0.2, 0) is 11.3 Å². The Morgan fingerprint density at radius 1 is 1.20 bits per heavy atom. The van der Waals surface area contributed by atoms with Gasteiger partial charge < -0.3 is 10.2 Å². The van der Waals surface area contributed by atoms with Crippen molar-refractivity contribution in [2.75, 3.05) is 13.1 Å². The van der Waals surface area contributed by atoms with Gasteiger partial charge in [0.2, 0.25) is 5.91 Å². The van der Waals surface area contributed by atoms with E-state index in [0.29, 0.717) is 6.04 Å². The predicted octanol–water partition coefficient (Wildman–Crippen LogP) is 2.96. The number of nitrogens with zero attached hydrogens (tertiary/aromatic N) is 1. The second kappa shape index (κ2) is 8.05. The molecule has 3 heteroatoms. The number of amides is 1. The largest absolute Gasteiger partial charge is 0.339 e. The number of rotatable bonds is 6. The van der Waals surface area contributed by atoms with Crippen LogP contribution in [-0.4, -0.2) is 29.9 Å². The first-order chi connectivity index (χ1) is 9.77. The Labute approximate surface area is 122 Å². The van der Waals surface area contributed by atoms with Crippen molar-refractivity contribution >= 4 is 5.91 Å². The van der Waals surface area contributed by atoms with Gasteiger partial charge in [0.25, 0.3) is 0 Å². The van der Waals surface area contributed by atoms with Gasteiger partial charge >= 0.3 is 0 Å². The van der Waals surface area contributed by atoms with Crippen LogP contribution in [0.3, 0.4) is 0 Å². The molecule has 1 aliphatic carbocycles. The molecule has 0 unspecified atom stereocenters. The molecule has 0 aromatic heterocycles. The third-order valence-electron chi connectivity index (χ3n) is 4.12. The Hall–Kier alpha value is -1.35. The van der Waals surface area contributed by atoms with Gasteiger partial charge in [-0.05, 0) is 18.4 Å². The molecule has 0 bridgehead atoms. The molecule has 2 rings (SSSR count). The highest BCUT2D eigenvalue weighted by molar-refractivity contribution is 5.73. The van der Waals surface area contributed by atoms with Crippen molar-refractivity contribution < 1.29 is 4.79 Å². The van der Waals surface area contributed by atoms with E-state index in [-0.39, 0.29) is 5.91 Å². The minimum atomic E-state index is 0.221. The van der Waals surface area contributed by atoms with Crippen LogP contribution in [0.5, 0.6) is 0 Å². The standard InChI is InChI=1S/C17H26N2O/c1-15(20)19(17-10-6-3-7-11-17)13-12-18-14-16-8-4-2-5-9-16/h2,4-5,8-9,17-18H,3,6-7,10-14H2,1H3. The molecule has 1 saturated carbocycles. The zero-order valence-electron chi connectivity index (χ0n) is 12.5. The summed E-state index contributed by atoms with van der Waals surface area (Å²) in [6.45, 7) is 4.26. The van der Waals surface area contributed by atoms with Gasteiger partial charge in [0.1, 0.15) is 0 Å². The first-order valence-electron chi connectivity index (χ1n) is 7.79. The van der Waals surface area contributed by atoms with E-state index in [1.165, 1.54) is 37.7 Å². The maximum absolute atomic E-state index is 11.8. The van der Waals surface area contributed by atoms with Gasteiger partial charge in [-0.2, -0.15) is 0 Å². The van der Waals surface area contributed by atoms with Crippen LogP contribution in [0.4, 0.5) is 0 Å². The highest BCUT2D eigenvalue weighted by Crippen LogP contribution is 2.22. The molecule has 1 aromatic rings. The molecule has 0 radical (unpaired) electrons. The minimum Gasteiger partial charge on any atom is -0.339 e. The second-order valence-electron chi connectivity index (χ2n) is 5.67. The summed E-state index contributed by atoms with van der Waals surface area (Å²) >= 11 is 0. The van der Waals surface area contributed by atoms with Crippen molar-refractivity contribution in [1.82, 2.24) is 10.2 Å². The van der Waals surface area contributed by atoms with E-state index in [2.05, 4.69) is 34.5 Å². The summed E-state index contributed by atoms with van der Waals surface area (Å²) in [7, 11) is 0. The first kappa shape index (κ1) is 15.0. The number of benzene rings is 1. The van der Waals surface area contributed by atoms with E-state index in [1.54, 1.807) is 6.92 Å². The average Bonchev–Trinajstić information content (AvgIpc) is 2.49. The summed E-state index contributed by atoms with van der Waals surface area (Å²) in [4.78, 5) is 13.9. The highest BCUT2D eigenvalue weighted by atomic mass is 16.2. The fraction of sp³-hybridized carbons (Fsp3) is 0.588. The van der Waals surface area contributed by atoms with Crippen molar-refractivity contribution in [2.24, 2.45) is 0 Å². The molecule has 110 valence electrons. The molecule has 1 N–H and O–H groups in total. The SMILES string of the molecule is CC(=O)N(CCNCc1ccccc1)C1CCCCC1. The van der Waals surface area contributed by atoms with Gasteiger partial charge in [0, 0.05) is 32.6 Å². The Morgan fingerprint density at radius 3 is 2.55 bits per heavy atom. The van der Waals surface area contributed by atoms with Crippen LogP contribution >= 0.6 is 0 Å². The quantitative estimate of drug-likeness (QED) is 0.809. The smallest absolute Gasteiger partial charge is 0.219 e. The lowest BCUT2D eigenvalue weighted by atomic mass is 9.94. The lowest BCUT2D eigenvalue weighted by Crippen LogP contribution is -2.43. The van der Waals surface area contributed by atoms with E-state index < -0.39 is 0 Å². The maximum Gasteiger partial charge on any atom is 0.219 e. The van der Waals surface area contributed by atoms with Gasteiger partial charge in [-0.25, -0.2) is 0 Å². The monoisotopic (exact) mass is 274 g/mol. The molecule has 0 atom stereocenters. The van der Waals surface area contributed by atoms with E-state index in [1.807, 2.05) is 6.07 Å². The van der Waals surface area contributed by atoms with Gasteiger partial charge in [0.05, 0.1) is 0 Å². The zero-order chi connectivity index (χ0) is 14.2. The molecule has 1 amide bonds. The predicted molar refractivity (Wildman–Crippen MR) is 82.4 cm³/mol. The van der Waals surface area contributed by atoms with Crippen LogP contribution in [0.25, 0.3) is 0 Å². The Balaban J connectivity index is 1.73. The Bertz CT molecular complexity index is 399. The van der Waals surface area contributed by atoms with E-state index in [4.69, 9.17) is 0 Å². The van der Waals surface area contributed by atoms with Crippen molar-refractivity contribution in [3.8, 4) is 0 Å². The summed E-state index contributed by atoms with van der Waals surface area (Å²) in [6, 6.07) is 10.9. The highest BCUT2D eigenvalue weighted by Gasteiger charge is 2.22. The number of hydrogen-bond donors (Lipinski definition) is 1. The molecule has 0 saturated heterocycles. The van der Waals surface area contributed by atoms with Gasteiger partial charge in [-0.3, -0.25) is 4.79 Å². The fourth-order valence-electron chi connectivity index (χ4n) is 3.02. The molecular weight excluding hydrogens is 248 g/mol.